The highest BCUT2D eigenvalue weighted by molar-refractivity contribution is 5.99. The summed E-state index contributed by atoms with van der Waals surface area (Å²) in [4.78, 5) is 16.6. The summed E-state index contributed by atoms with van der Waals surface area (Å²) in [6.07, 6.45) is -4.91. The number of halogens is 3. The van der Waals surface area contributed by atoms with Crippen molar-refractivity contribution >= 4 is 28.5 Å². The molecule has 0 unspecified atom stereocenters. The number of alkyl halides is 3. The molecule has 1 amide bonds. The predicted octanol–water partition coefficient (Wildman–Crippen LogP) is 4.86. The monoisotopic (exact) mass is 442 g/mol. The highest BCUT2D eigenvalue weighted by atomic mass is 19.4. The van der Waals surface area contributed by atoms with Crippen molar-refractivity contribution in [2.75, 3.05) is 11.1 Å². The second-order valence-electron chi connectivity index (χ2n) is 7.05. The average Bonchev–Trinajstić information content (AvgIpc) is 3.07. The number of anilines is 2. The van der Waals surface area contributed by atoms with Gasteiger partial charge in [-0.1, -0.05) is 29.4 Å². The molecule has 0 radical (unpaired) electrons. The van der Waals surface area contributed by atoms with E-state index in [1.807, 2.05) is 13.0 Å². The highest BCUT2D eigenvalue weighted by Crippen LogP contribution is 2.33. The number of nitrogens with one attached hydrogen (secondary N) is 1. The molecule has 0 atom stereocenters. The van der Waals surface area contributed by atoms with E-state index in [4.69, 9.17) is 10.3 Å². The van der Waals surface area contributed by atoms with Crippen LogP contribution in [0.2, 0.25) is 0 Å². The molecule has 32 heavy (non-hydrogen) atoms. The van der Waals surface area contributed by atoms with E-state index >= 15 is 0 Å². The lowest BCUT2D eigenvalue weighted by molar-refractivity contribution is -0.274. The molecular weight excluding hydrogens is 425 g/mol. The number of nitrogen functional groups attached to an aromatic ring is 1. The zero-order valence-corrected chi connectivity index (χ0v) is 16.7. The summed E-state index contributed by atoms with van der Waals surface area (Å²) in [5, 5.41) is 7.18. The van der Waals surface area contributed by atoms with Gasteiger partial charge in [-0.25, -0.2) is 4.98 Å². The molecule has 2 heterocycles. The number of benzene rings is 2. The van der Waals surface area contributed by atoms with Gasteiger partial charge in [-0.2, -0.15) is 0 Å². The van der Waals surface area contributed by atoms with Crippen LogP contribution in [0.3, 0.4) is 0 Å². The molecule has 0 aliphatic carbocycles. The van der Waals surface area contributed by atoms with E-state index in [2.05, 4.69) is 20.2 Å². The Morgan fingerprint density at radius 3 is 2.62 bits per heavy atom. The molecular formula is C22H17F3N4O3. The average molecular weight is 442 g/mol. The molecule has 0 saturated heterocycles. The van der Waals surface area contributed by atoms with Crippen LogP contribution >= 0.6 is 0 Å². The molecule has 2 aromatic carbocycles. The molecule has 0 bridgehead atoms. The Labute approximate surface area is 180 Å². The first-order chi connectivity index (χ1) is 15.2. The van der Waals surface area contributed by atoms with Gasteiger partial charge in [0.15, 0.2) is 0 Å². The van der Waals surface area contributed by atoms with Gasteiger partial charge in [0, 0.05) is 16.9 Å². The number of hydrogen-bond acceptors (Lipinski definition) is 6. The van der Waals surface area contributed by atoms with Crippen molar-refractivity contribution in [3.8, 4) is 16.9 Å². The van der Waals surface area contributed by atoms with E-state index in [0.717, 1.165) is 16.8 Å². The zero-order chi connectivity index (χ0) is 22.9. The molecule has 2 aromatic heterocycles. The maximum atomic E-state index is 12.4. The first-order valence-electron chi connectivity index (χ1n) is 9.45. The predicted molar refractivity (Wildman–Crippen MR) is 112 cm³/mol. The minimum atomic E-state index is -4.79. The van der Waals surface area contributed by atoms with Crippen LogP contribution in [0, 0.1) is 6.92 Å². The molecule has 0 aliphatic rings. The fourth-order valence-electron chi connectivity index (χ4n) is 3.31. The smallest absolute Gasteiger partial charge is 0.406 e. The second kappa shape index (κ2) is 8.22. The van der Waals surface area contributed by atoms with Gasteiger partial charge in [-0.05, 0) is 48.4 Å². The molecule has 0 saturated carbocycles. The number of pyridine rings is 1. The molecule has 0 fully saturated rings. The van der Waals surface area contributed by atoms with Crippen molar-refractivity contribution in [1.29, 1.82) is 0 Å². The van der Waals surface area contributed by atoms with Crippen molar-refractivity contribution in [1.82, 2.24) is 10.1 Å². The minimum Gasteiger partial charge on any atom is -0.406 e. The number of nitrogens with two attached hydrogens (primary N) is 1. The van der Waals surface area contributed by atoms with E-state index in [9.17, 15) is 18.0 Å². The zero-order valence-electron chi connectivity index (χ0n) is 16.7. The number of hydrogen-bond donors (Lipinski definition) is 2. The number of aromatic nitrogens is 2. The van der Waals surface area contributed by atoms with Crippen LogP contribution in [0.25, 0.3) is 22.2 Å². The number of ether oxygens (including phenoxy) is 1. The fraction of sp³-hybridized carbons (Fsp3) is 0.136. The Balaban J connectivity index is 1.47. The second-order valence-corrected chi connectivity index (χ2v) is 7.05. The van der Waals surface area contributed by atoms with Gasteiger partial charge < -0.3 is 20.3 Å². The van der Waals surface area contributed by atoms with Crippen LogP contribution in [-0.4, -0.2) is 22.4 Å². The van der Waals surface area contributed by atoms with Crippen molar-refractivity contribution in [3.63, 3.8) is 0 Å². The first-order valence-corrected chi connectivity index (χ1v) is 9.45. The number of rotatable bonds is 5. The molecule has 10 heteroatoms. The number of aryl methyl sites for hydroxylation is 1. The van der Waals surface area contributed by atoms with Gasteiger partial charge in [0.1, 0.15) is 5.75 Å². The van der Waals surface area contributed by atoms with Crippen LogP contribution in [-0.2, 0) is 11.2 Å². The van der Waals surface area contributed by atoms with Gasteiger partial charge in [0.05, 0.1) is 11.8 Å². The van der Waals surface area contributed by atoms with Gasteiger partial charge in [0.2, 0.25) is 17.4 Å². The third kappa shape index (κ3) is 4.80. The molecule has 0 aliphatic heterocycles. The van der Waals surface area contributed by atoms with Crippen molar-refractivity contribution in [2.45, 2.75) is 19.7 Å². The molecule has 3 N–H and O–H groups in total. The third-order valence-electron chi connectivity index (χ3n) is 4.58. The third-order valence-corrected chi connectivity index (χ3v) is 4.58. The Kier molecular flexibility index (Phi) is 5.43. The summed E-state index contributed by atoms with van der Waals surface area (Å²) in [5.41, 5.74) is 9.57. The summed E-state index contributed by atoms with van der Waals surface area (Å²) in [7, 11) is 0. The van der Waals surface area contributed by atoms with Crippen molar-refractivity contribution in [3.05, 3.63) is 65.9 Å². The number of nitrogens with zero attached hydrogens (tertiary/aromatic N) is 2. The maximum absolute atomic E-state index is 12.4. The summed E-state index contributed by atoms with van der Waals surface area (Å²) in [5.74, 6) is -0.594. The Morgan fingerprint density at radius 1 is 1.16 bits per heavy atom. The van der Waals surface area contributed by atoms with Crippen molar-refractivity contribution < 1.29 is 27.2 Å². The quantitative estimate of drug-likeness (QED) is 0.458. The van der Waals surface area contributed by atoms with Crippen LogP contribution in [0.4, 0.5) is 24.7 Å². The standard InChI is InChI=1S/C22H17F3N4O3/c1-12-9-17(19-20(26)32-29-21(19)27-12)14-5-7-15(8-6-14)28-18(30)11-13-3-2-4-16(10-13)31-22(23,24)25/h2-10H,11,26H2,1H3,(H,28,30). The molecule has 7 nitrogen and oxygen atoms in total. The lowest BCUT2D eigenvalue weighted by Crippen LogP contribution is -2.17. The number of carbonyl (C=O) groups excluding carboxylic acids is 1. The summed E-state index contributed by atoms with van der Waals surface area (Å²) >= 11 is 0. The van der Waals surface area contributed by atoms with Gasteiger partial charge in [-0.3, -0.25) is 4.79 Å². The summed E-state index contributed by atoms with van der Waals surface area (Å²) < 4.78 is 46.0. The van der Waals surface area contributed by atoms with E-state index in [-0.39, 0.29) is 24.0 Å². The van der Waals surface area contributed by atoms with E-state index < -0.39 is 6.36 Å². The van der Waals surface area contributed by atoms with Gasteiger partial charge >= 0.3 is 6.36 Å². The van der Waals surface area contributed by atoms with Crippen molar-refractivity contribution in [2.24, 2.45) is 0 Å². The van der Waals surface area contributed by atoms with Gasteiger partial charge in [0.25, 0.3) is 0 Å². The van der Waals surface area contributed by atoms with E-state index in [1.165, 1.54) is 18.2 Å². The van der Waals surface area contributed by atoms with Crippen LogP contribution in [0.1, 0.15) is 11.3 Å². The Bertz CT molecular complexity index is 1280. The molecule has 4 rings (SSSR count). The maximum Gasteiger partial charge on any atom is 0.573 e. The number of amides is 1. The lowest BCUT2D eigenvalue weighted by atomic mass is 10.0. The molecule has 164 valence electrons. The lowest BCUT2D eigenvalue weighted by Gasteiger charge is -2.10. The van der Waals surface area contributed by atoms with E-state index in [0.29, 0.717) is 22.3 Å². The first kappa shape index (κ1) is 21.2. The Hall–Kier alpha value is -4.08. The molecule has 0 spiro atoms. The van der Waals surface area contributed by atoms with Crippen LogP contribution in [0.15, 0.2) is 59.1 Å². The summed E-state index contributed by atoms with van der Waals surface area (Å²) in [6, 6.07) is 14.2. The topological polar surface area (TPSA) is 103 Å². The molecule has 4 aromatic rings. The largest absolute Gasteiger partial charge is 0.573 e. The number of carbonyl (C=O) groups is 1. The van der Waals surface area contributed by atoms with E-state index in [1.54, 1.807) is 30.3 Å². The Morgan fingerprint density at radius 2 is 1.91 bits per heavy atom. The van der Waals surface area contributed by atoms with Crippen LogP contribution < -0.4 is 15.8 Å². The SMILES string of the molecule is Cc1cc(-c2ccc(NC(=O)Cc3cccc(OC(F)(F)F)c3)cc2)c2c(N)onc2n1. The highest BCUT2D eigenvalue weighted by Gasteiger charge is 2.31. The fourth-order valence-corrected chi connectivity index (χ4v) is 3.31. The number of fused-ring (bicyclic) bond motifs is 1. The normalized spacial score (nSPS) is 11.5. The summed E-state index contributed by atoms with van der Waals surface area (Å²) in [6.45, 7) is 1.83. The van der Waals surface area contributed by atoms with Crippen LogP contribution in [0.5, 0.6) is 5.75 Å². The minimum absolute atomic E-state index is 0.113. The van der Waals surface area contributed by atoms with Gasteiger partial charge in [-0.15, -0.1) is 13.2 Å².